The molecule has 0 amide bonds. The first kappa shape index (κ1) is 13.5. The van der Waals surface area contributed by atoms with Gasteiger partial charge >= 0.3 is 5.97 Å². The third-order valence-corrected chi connectivity index (χ3v) is 3.17. The summed E-state index contributed by atoms with van der Waals surface area (Å²) in [6, 6.07) is 0. The van der Waals surface area contributed by atoms with Crippen LogP contribution in [0.1, 0.15) is 27.2 Å². The topological polar surface area (TPSA) is 54.4 Å². The number of carbonyl (C=O) groups excluding carboxylic acids is 1. The molecule has 0 fully saturated rings. The smallest absolute Gasteiger partial charge is 0.314 e. The fourth-order valence-corrected chi connectivity index (χ4v) is 1.70. The van der Waals surface area contributed by atoms with Crippen molar-refractivity contribution in [2.24, 2.45) is 11.3 Å². The fraction of sp³-hybridized carbons (Fsp3) is 0.800. The molecule has 0 aliphatic carbocycles. The number of hydrogen-bond acceptors (Lipinski definition) is 3. The van der Waals surface area contributed by atoms with Gasteiger partial charge in [0.05, 0.1) is 0 Å². The fourth-order valence-electron chi connectivity index (χ4n) is 1.07. The Balaban J connectivity index is 4.68. The van der Waals surface area contributed by atoms with Crippen molar-refractivity contribution in [3.63, 3.8) is 0 Å². The number of carbonyl (C=O) groups is 2. The van der Waals surface area contributed by atoms with Crippen LogP contribution in [0.2, 0.25) is 0 Å². The van der Waals surface area contributed by atoms with Crippen LogP contribution in [0, 0.1) is 11.3 Å². The molecule has 0 aliphatic heterocycles. The van der Waals surface area contributed by atoms with E-state index in [9.17, 15) is 9.59 Å². The van der Waals surface area contributed by atoms with Crippen LogP contribution in [0.15, 0.2) is 0 Å². The summed E-state index contributed by atoms with van der Waals surface area (Å²) in [6.45, 7) is 5.49. The van der Waals surface area contributed by atoms with Gasteiger partial charge in [0.1, 0.15) is 5.92 Å². The zero-order valence-corrected chi connectivity index (χ0v) is 9.98. The largest absolute Gasteiger partial charge is 0.481 e. The van der Waals surface area contributed by atoms with Gasteiger partial charge in [-0.15, -0.1) is 0 Å². The molecule has 0 radical (unpaired) electrons. The lowest BCUT2D eigenvalue weighted by molar-refractivity contribution is -0.148. The van der Waals surface area contributed by atoms with E-state index < -0.39 is 17.3 Å². The van der Waals surface area contributed by atoms with Crippen LogP contribution in [-0.2, 0) is 9.59 Å². The molecule has 0 heterocycles. The van der Waals surface area contributed by atoms with E-state index in [1.165, 1.54) is 11.8 Å². The quantitative estimate of drug-likeness (QED) is 0.693. The van der Waals surface area contributed by atoms with Crippen molar-refractivity contribution >= 4 is 23.5 Å². The van der Waals surface area contributed by atoms with Gasteiger partial charge in [-0.25, -0.2) is 0 Å². The minimum Gasteiger partial charge on any atom is -0.481 e. The van der Waals surface area contributed by atoms with Crippen LogP contribution < -0.4 is 0 Å². The first-order valence-electron chi connectivity index (χ1n) is 4.63. The molecule has 0 rings (SSSR count). The second-order valence-corrected chi connectivity index (χ2v) is 4.86. The number of carboxylic acid groups (broad SMARTS) is 1. The van der Waals surface area contributed by atoms with Crippen LogP contribution in [0.5, 0.6) is 0 Å². The van der Waals surface area contributed by atoms with Gasteiger partial charge < -0.3 is 5.11 Å². The molecule has 0 aliphatic rings. The van der Waals surface area contributed by atoms with Crippen molar-refractivity contribution in [1.29, 1.82) is 0 Å². The Labute approximate surface area is 89.3 Å². The van der Waals surface area contributed by atoms with Crippen LogP contribution in [0.25, 0.3) is 0 Å². The molecule has 0 aromatic heterocycles. The summed E-state index contributed by atoms with van der Waals surface area (Å²) in [5.74, 6) is -1.68. The lowest BCUT2D eigenvalue weighted by atomic mass is 9.80. The van der Waals surface area contributed by atoms with Crippen molar-refractivity contribution in [2.75, 3.05) is 12.0 Å². The molecular weight excluding hydrogens is 200 g/mol. The number of Topliss-reactive ketones (excluding diaryl/α,β-unsaturated/α-hetero) is 1. The molecule has 0 saturated heterocycles. The molecule has 14 heavy (non-hydrogen) atoms. The maximum Gasteiger partial charge on any atom is 0.314 e. The maximum atomic E-state index is 11.8. The third kappa shape index (κ3) is 3.33. The number of ketones is 1. The van der Waals surface area contributed by atoms with Crippen molar-refractivity contribution in [2.45, 2.75) is 27.2 Å². The number of rotatable bonds is 6. The number of hydrogen-bond donors (Lipinski definition) is 1. The summed E-state index contributed by atoms with van der Waals surface area (Å²) in [5.41, 5.74) is -0.529. The molecule has 1 N–H and O–H groups in total. The standard InChI is InChI=1S/C10H18O3S/c1-5-10(2,3)8(11)7(6-14-4)9(12)13/h7H,5-6H2,1-4H3,(H,12,13). The highest BCUT2D eigenvalue weighted by molar-refractivity contribution is 7.98. The van der Waals surface area contributed by atoms with Crippen LogP contribution in [0.4, 0.5) is 0 Å². The molecule has 1 atom stereocenters. The molecule has 0 bridgehead atoms. The first-order valence-corrected chi connectivity index (χ1v) is 6.02. The molecule has 0 saturated carbocycles. The second-order valence-electron chi connectivity index (χ2n) is 3.95. The van der Waals surface area contributed by atoms with Crippen molar-refractivity contribution in [3.05, 3.63) is 0 Å². The average Bonchev–Trinajstić information content (AvgIpc) is 2.12. The summed E-state index contributed by atoms with van der Waals surface area (Å²) in [6.07, 6.45) is 2.48. The molecule has 4 heteroatoms. The van der Waals surface area contributed by atoms with E-state index in [-0.39, 0.29) is 5.78 Å². The average molecular weight is 218 g/mol. The molecule has 0 spiro atoms. The normalized spacial score (nSPS) is 13.7. The van der Waals surface area contributed by atoms with E-state index in [0.717, 1.165) is 0 Å². The molecule has 1 unspecified atom stereocenters. The summed E-state index contributed by atoms with van der Waals surface area (Å²) >= 11 is 1.39. The Morgan fingerprint density at radius 3 is 2.21 bits per heavy atom. The molecule has 0 aromatic rings. The monoisotopic (exact) mass is 218 g/mol. The van der Waals surface area contributed by atoms with Crippen LogP contribution in [0.3, 0.4) is 0 Å². The Morgan fingerprint density at radius 1 is 1.43 bits per heavy atom. The summed E-state index contributed by atoms with van der Waals surface area (Å²) in [5, 5.41) is 8.90. The zero-order valence-electron chi connectivity index (χ0n) is 9.16. The Kier molecular flexibility index (Phi) is 5.19. The van der Waals surface area contributed by atoms with Crippen molar-refractivity contribution in [1.82, 2.24) is 0 Å². The second kappa shape index (κ2) is 5.39. The lowest BCUT2D eigenvalue weighted by Crippen LogP contribution is -2.36. The van der Waals surface area contributed by atoms with E-state index >= 15 is 0 Å². The van der Waals surface area contributed by atoms with Gasteiger partial charge in [-0.3, -0.25) is 9.59 Å². The third-order valence-electron chi connectivity index (χ3n) is 2.50. The summed E-state index contributed by atoms with van der Waals surface area (Å²) < 4.78 is 0. The Bertz CT molecular complexity index is 223. The molecule has 0 aromatic carbocycles. The number of thioether (sulfide) groups is 1. The minimum absolute atomic E-state index is 0.165. The van der Waals surface area contributed by atoms with Gasteiger partial charge in [0, 0.05) is 11.2 Å². The van der Waals surface area contributed by atoms with Gasteiger partial charge in [0.25, 0.3) is 0 Å². The maximum absolute atomic E-state index is 11.8. The van der Waals surface area contributed by atoms with E-state index in [0.29, 0.717) is 12.2 Å². The Hall–Kier alpha value is -0.510. The minimum atomic E-state index is -1.01. The predicted octanol–water partition coefficient (Wildman–Crippen LogP) is 2.06. The van der Waals surface area contributed by atoms with Crippen molar-refractivity contribution in [3.8, 4) is 0 Å². The molecule has 3 nitrogen and oxygen atoms in total. The van der Waals surface area contributed by atoms with Crippen LogP contribution >= 0.6 is 11.8 Å². The van der Waals surface area contributed by atoms with E-state index in [2.05, 4.69) is 0 Å². The highest BCUT2D eigenvalue weighted by Crippen LogP contribution is 2.26. The summed E-state index contributed by atoms with van der Waals surface area (Å²) in [7, 11) is 0. The summed E-state index contributed by atoms with van der Waals surface area (Å²) in [4.78, 5) is 22.7. The van der Waals surface area contributed by atoms with Gasteiger partial charge in [-0.1, -0.05) is 20.8 Å². The zero-order chi connectivity index (χ0) is 11.4. The number of aliphatic carboxylic acids is 1. The first-order chi connectivity index (χ1) is 6.36. The van der Waals surface area contributed by atoms with Crippen molar-refractivity contribution < 1.29 is 14.7 Å². The van der Waals surface area contributed by atoms with Crippen LogP contribution in [-0.4, -0.2) is 28.9 Å². The van der Waals surface area contributed by atoms with Gasteiger partial charge in [0.2, 0.25) is 0 Å². The molecule has 82 valence electrons. The van der Waals surface area contributed by atoms with E-state index in [4.69, 9.17) is 5.11 Å². The van der Waals surface area contributed by atoms with Gasteiger partial charge in [-0.05, 0) is 12.7 Å². The highest BCUT2D eigenvalue weighted by Gasteiger charge is 2.35. The lowest BCUT2D eigenvalue weighted by Gasteiger charge is -2.24. The number of carboxylic acids is 1. The SMILES string of the molecule is CCC(C)(C)C(=O)C(CSC)C(=O)O. The van der Waals surface area contributed by atoms with Gasteiger partial charge in [0.15, 0.2) is 5.78 Å². The highest BCUT2D eigenvalue weighted by atomic mass is 32.2. The van der Waals surface area contributed by atoms with Gasteiger partial charge in [-0.2, -0.15) is 11.8 Å². The van der Waals surface area contributed by atoms with E-state index in [1.54, 1.807) is 13.8 Å². The van der Waals surface area contributed by atoms with E-state index in [1.807, 2.05) is 13.2 Å². The Morgan fingerprint density at radius 2 is 1.93 bits per heavy atom. The predicted molar refractivity (Wildman–Crippen MR) is 58.6 cm³/mol. The molecular formula is C10H18O3S.